The number of hydrogen-bond donors (Lipinski definition) is 1. The van der Waals surface area contributed by atoms with Gasteiger partial charge in [0.05, 0.1) is 10.9 Å². The molecule has 84 valence electrons. The summed E-state index contributed by atoms with van der Waals surface area (Å²) in [5.74, 6) is -1.25. The summed E-state index contributed by atoms with van der Waals surface area (Å²) in [4.78, 5) is 14.4. The standard InChI is InChI=1S/C12H11F2NO/c1-3-7-5-9(16)10-11(14)6(2)4-8(13)12(10)15-7/h4-5H,3H2,1-2H3,(H,15,16). The number of fused-ring (bicyclic) bond motifs is 1. The fraction of sp³-hybridized carbons (Fsp3) is 0.250. The zero-order chi connectivity index (χ0) is 11.9. The fourth-order valence-electron chi connectivity index (χ4n) is 1.72. The van der Waals surface area contributed by atoms with E-state index in [0.717, 1.165) is 6.07 Å². The van der Waals surface area contributed by atoms with Gasteiger partial charge in [0.25, 0.3) is 0 Å². The predicted octanol–water partition coefficient (Wildman–Crippen LogP) is 2.68. The number of halogens is 2. The van der Waals surface area contributed by atoms with Gasteiger partial charge in [-0.1, -0.05) is 6.92 Å². The number of benzene rings is 1. The molecule has 0 saturated carbocycles. The molecule has 0 bridgehead atoms. The van der Waals surface area contributed by atoms with E-state index in [0.29, 0.717) is 12.1 Å². The highest BCUT2D eigenvalue weighted by Gasteiger charge is 2.13. The van der Waals surface area contributed by atoms with Gasteiger partial charge in [-0.3, -0.25) is 4.79 Å². The maximum Gasteiger partial charge on any atom is 0.192 e. The van der Waals surface area contributed by atoms with E-state index in [1.165, 1.54) is 13.0 Å². The van der Waals surface area contributed by atoms with Crippen LogP contribution in [0.2, 0.25) is 0 Å². The molecule has 2 nitrogen and oxygen atoms in total. The highest BCUT2D eigenvalue weighted by atomic mass is 19.1. The molecule has 0 aliphatic heterocycles. The molecule has 1 N–H and O–H groups in total. The third kappa shape index (κ3) is 1.50. The van der Waals surface area contributed by atoms with Crippen LogP contribution in [0.1, 0.15) is 18.2 Å². The number of aryl methyl sites for hydroxylation is 2. The lowest BCUT2D eigenvalue weighted by atomic mass is 10.1. The first-order chi connectivity index (χ1) is 7.54. The van der Waals surface area contributed by atoms with E-state index in [-0.39, 0.29) is 16.5 Å². The van der Waals surface area contributed by atoms with Crippen molar-refractivity contribution in [3.05, 3.63) is 45.2 Å². The Balaban J connectivity index is 3.00. The zero-order valence-electron chi connectivity index (χ0n) is 9.03. The van der Waals surface area contributed by atoms with E-state index in [1.807, 2.05) is 6.92 Å². The maximum absolute atomic E-state index is 13.7. The van der Waals surface area contributed by atoms with Crippen LogP contribution in [-0.2, 0) is 6.42 Å². The molecule has 0 saturated heterocycles. The normalized spacial score (nSPS) is 11.0. The van der Waals surface area contributed by atoms with Gasteiger partial charge in [0.2, 0.25) is 0 Å². The monoisotopic (exact) mass is 223 g/mol. The zero-order valence-corrected chi connectivity index (χ0v) is 9.03. The molecule has 1 aromatic heterocycles. The summed E-state index contributed by atoms with van der Waals surface area (Å²) in [6.07, 6.45) is 0.570. The van der Waals surface area contributed by atoms with Gasteiger partial charge in [0.1, 0.15) is 11.6 Å². The minimum Gasteiger partial charge on any atom is -0.356 e. The Bertz CT molecular complexity index is 616. The van der Waals surface area contributed by atoms with Crippen molar-refractivity contribution >= 4 is 10.9 Å². The molecule has 0 amide bonds. The van der Waals surface area contributed by atoms with Crippen LogP contribution in [0.5, 0.6) is 0 Å². The van der Waals surface area contributed by atoms with E-state index in [2.05, 4.69) is 4.98 Å². The first kappa shape index (κ1) is 10.8. The van der Waals surface area contributed by atoms with Crippen molar-refractivity contribution in [3.63, 3.8) is 0 Å². The molecule has 0 spiro atoms. The molecule has 16 heavy (non-hydrogen) atoms. The molecule has 0 atom stereocenters. The van der Waals surface area contributed by atoms with Crippen LogP contribution in [0, 0.1) is 18.6 Å². The Kier molecular flexibility index (Phi) is 2.50. The number of aromatic amines is 1. The molecule has 0 aliphatic carbocycles. The van der Waals surface area contributed by atoms with Crippen LogP contribution in [-0.4, -0.2) is 4.98 Å². The smallest absolute Gasteiger partial charge is 0.192 e. The molecule has 1 heterocycles. The Labute approximate surface area is 90.9 Å². The van der Waals surface area contributed by atoms with Gasteiger partial charge in [0.15, 0.2) is 5.43 Å². The number of pyridine rings is 1. The van der Waals surface area contributed by atoms with Crippen molar-refractivity contribution < 1.29 is 8.78 Å². The third-order valence-electron chi connectivity index (χ3n) is 2.62. The second kappa shape index (κ2) is 3.70. The summed E-state index contributed by atoms with van der Waals surface area (Å²) in [6.45, 7) is 3.27. The molecule has 0 radical (unpaired) electrons. The van der Waals surface area contributed by atoms with Gasteiger partial charge in [0, 0.05) is 11.8 Å². The predicted molar refractivity (Wildman–Crippen MR) is 58.6 cm³/mol. The molecular weight excluding hydrogens is 212 g/mol. The third-order valence-corrected chi connectivity index (χ3v) is 2.62. The largest absolute Gasteiger partial charge is 0.356 e. The first-order valence-corrected chi connectivity index (χ1v) is 5.05. The van der Waals surface area contributed by atoms with Crippen molar-refractivity contribution in [1.82, 2.24) is 4.98 Å². The average Bonchev–Trinajstić information content (AvgIpc) is 2.25. The van der Waals surface area contributed by atoms with Gasteiger partial charge < -0.3 is 4.98 Å². The maximum atomic E-state index is 13.7. The van der Waals surface area contributed by atoms with Crippen LogP contribution < -0.4 is 5.43 Å². The van der Waals surface area contributed by atoms with Crippen molar-refractivity contribution in [2.75, 3.05) is 0 Å². The first-order valence-electron chi connectivity index (χ1n) is 5.05. The van der Waals surface area contributed by atoms with E-state index >= 15 is 0 Å². The lowest BCUT2D eigenvalue weighted by molar-refractivity contribution is 0.606. The van der Waals surface area contributed by atoms with Gasteiger partial charge in [-0.25, -0.2) is 8.78 Å². The van der Waals surface area contributed by atoms with Crippen LogP contribution >= 0.6 is 0 Å². The van der Waals surface area contributed by atoms with Crippen molar-refractivity contribution in [3.8, 4) is 0 Å². The number of H-pyrrole nitrogens is 1. The number of hydrogen-bond acceptors (Lipinski definition) is 1. The van der Waals surface area contributed by atoms with Crippen LogP contribution in [0.15, 0.2) is 16.9 Å². The Morgan fingerprint density at radius 1 is 1.31 bits per heavy atom. The molecule has 2 rings (SSSR count). The van der Waals surface area contributed by atoms with Crippen LogP contribution in [0.25, 0.3) is 10.9 Å². The van der Waals surface area contributed by atoms with E-state index in [4.69, 9.17) is 0 Å². The molecule has 0 aliphatic rings. The SMILES string of the molecule is CCc1cc(=O)c2c(F)c(C)cc(F)c2[nH]1. The van der Waals surface area contributed by atoms with Gasteiger partial charge >= 0.3 is 0 Å². The van der Waals surface area contributed by atoms with Gasteiger partial charge in [-0.05, 0) is 25.0 Å². The summed E-state index contributed by atoms with van der Waals surface area (Å²) in [7, 11) is 0. The van der Waals surface area contributed by atoms with Crippen molar-refractivity contribution in [1.29, 1.82) is 0 Å². The lowest BCUT2D eigenvalue weighted by Crippen LogP contribution is -2.09. The highest BCUT2D eigenvalue weighted by Crippen LogP contribution is 2.20. The summed E-state index contributed by atoms with van der Waals surface area (Å²) in [6, 6.07) is 2.40. The molecule has 1 aromatic carbocycles. The minimum atomic E-state index is -0.652. The summed E-state index contributed by atoms with van der Waals surface area (Å²) in [5.41, 5.74) is 0.206. The van der Waals surface area contributed by atoms with Crippen LogP contribution in [0.3, 0.4) is 0 Å². The fourth-order valence-corrected chi connectivity index (χ4v) is 1.72. The van der Waals surface area contributed by atoms with Gasteiger partial charge in [-0.15, -0.1) is 0 Å². The van der Waals surface area contributed by atoms with Gasteiger partial charge in [-0.2, -0.15) is 0 Å². The minimum absolute atomic E-state index is 0.0487. The summed E-state index contributed by atoms with van der Waals surface area (Å²) in [5, 5.41) is -0.199. The summed E-state index contributed by atoms with van der Waals surface area (Å²) >= 11 is 0. The molecule has 2 aromatic rings. The Hall–Kier alpha value is -1.71. The van der Waals surface area contributed by atoms with E-state index in [1.54, 1.807) is 0 Å². The molecule has 0 fully saturated rings. The molecule has 0 unspecified atom stereocenters. The average molecular weight is 223 g/mol. The Morgan fingerprint density at radius 3 is 2.62 bits per heavy atom. The molecule has 4 heteroatoms. The second-order valence-electron chi connectivity index (χ2n) is 3.75. The van der Waals surface area contributed by atoms with Crippen molar-refractivity contribution in [2.45, 2.75) is 20.3 Å². The number of rotatable bonds is 1. The Morgan fingerprint density at radius 2 is 2.00 bits per heavy atom. The number of nitrogens with one attached hydrogen (secondary N) is 1. The van der Waals surface area contributed by atoms with E-state index in [9.17, 15) is 13.6 Å². The lowest BCUT2D eigenvalue weighted by Gasteiger charge is -2.06. The van der Waals surface area contributed by atoms with Crippen LogP contribution in [0.4, 0.5) is 8.78 Å². The quantitative estimate of drug-likeness (QED) is 0.792. The second-order valence-corrected chi connectivity index (χ2v) is 3.75. The summed E-state index contributed by atoms with van der Waals surface area (Å²) < 4.78 is 27.3. The van der Waals surface area contributed by atoms with Crippen molar-refractivity contribution in [2.24, 2.45) is 0 Å². The molecular formula is C12H11F2NO. The highest BCUT2D eigenvalue weighted by molar-refractivity contribution is 5.80. The van der Waals surface area contributed by atoms with E-state index < -0.39 is 17.1 Å². The number of aromatic nitrogens is 1. The topological polar surface area (TPSA) is 32.9 Å².